The zero-order valence-electron chi connectivity index (χ0n) is 11.7. The Hall–Kier alpha value is -1.75. The summed E-state index contributed by atoms with van der Waals surface area (Å²) in [6.45, 7) is 2.04. The predicted molar refractivity (Wildman–Crippen MR) is 81.7 cm³/mol. The van der Waals surface area contributed by atoms with Gasteiger partial charge < -0.3 is 20.9 Å². The van der Waals surface area contributed by atoms with Crippen molar-refractivity contribution in [2.45, 2.75) is 38.1 Å². The Morgan fingerprint density at radius 3 is 2.85 bits per heavy atom. The van der Waals surface area contributed by atoms with Crippen LogP contribution >= 0.6 is 0 Å². The minimum Gasteiger partial charge on any atom is -0.380 e. The van der Waals surface area contributed by atoms with Gasteiger partial charge >= 0.3 is 0 Å². The van der Waals surface area contributed by atoms with E-state index in [2.05, 4.69) is 16.1 Å². The van der Waals surface area contributed by atoms with Crippen LogP contribution in [0.15, 0.2) is 22.7 Å². The second-order valence-corrected chi connectivity index (χ2v) is 5.61. The molecule has 1 fully saturated rings. The molecule has 1 aliphatic heterocycles. The van der Waals surface area contributed by atoms with Crippen molar-refractivity contribution in [3.05, 3.63) is 18.2 Å². The number of hydrogen-bond donors (Lipinski definition) is 2. The normalized spacial score (nSPS) is 21.4. The number of nitrogen functional groups attached to an aromatic ring is 1. The van der Waals surface area contributed by atoms with Gasteiger partial charge in [0.05, 0.1) is 11.1 Å². The summed E-state index contributed by atoms with van der Waals surface area (Å²) in [5, 5.41) is 4.78. The van der Waals surface area contributed by atoms with E-state index in [-0.39, 0.29) is 0 Å². The van der Waals surface area contributed by atoms with Crippen molar-refractivity contribution in [3.8, 4) is 0 Å². The minimum absolute atomic E-state index is 0.353. The van der Waals surface area contributed by atoms with E-state index in [4.69, 9.17) is 16.0 Å². The molecule has 5 heteroatoms. The molecule has 1 aromatic heterocycles. The number of rotatable bonds is 1. The molecule has 4 N–H and O–H groups in total. The van der Waals surface area contributed by atoms with Crippen LogP contribution in [0.25, 0.3) is 11.0 Å². The van der Waals surface area contributed by atoms with Gasteiger partial charge in [0.15, 0.2) is 11.4 Å². The van der Waals surface area contributed by atoms with Crippen LogP contribution in [0.3, 0.4) is 0 Å². The first kappa shape index (κ1) is 13.2. The lowest BCUT2D eigenvalue weighted by molar-refractivity contribution is 0.460. The van der Waals surface area contributed by atoms with Gasteiger partial charge in [-0.15, -0.1) is 0 Å². The maximum atomic E-state index is 6.09. The van der Waals surface area contributed by atoms with Crippen molar-refractivity contribution >= 4 is 22.5 Å². The zero-order chi connectivity index (χ0) is 13.9. The molecular weight excluding hydrogens is 252 g/mol. The molecule has 3 rings (SSSR count). The van der Waals surface area contributed by atoms with Gasteiger partial charge in [-0.25, -0.2) is 0 Å². The number of nitrogens with zero attached hydrogens (tertiary/aromatic N) is 2. The summed E-state index contributed by atoms with van der Waals surface area (Å²) in [6, 6.07) is 6.41. The largest absolute Gasteiger partial charge is 0.380 e. The lowest BCUT2D eigenvalue weighted by Gasteiger charge is -2.24. The third-order valence-corrected chi connectivity index (χ3v) is 4.10. The van der Waals surface area contributed by atoms with Crippen LogP contribution in [0, 0.1) is 0 Å². The van der Waals surface area contributed by atoms with E-state index in [1.807, 2.05) is 12.1 Å². The topological polar surface area (TPSA) is 81.3 Å². The summed E-state index contributed by atoms with van der Waals surface area (Å²) in [4.78, 5) is 2.38. The second-order valence-electron chi connectivity index (χ2n) is 5.61. The van der Waals surface area contributed by atoms with E-state index >= 15 is 0 Å². The highest BCUT2D eigenvalue weighted by atomic mass is 16.5. The Morgan fingerprint density at radius 2 is 1.95 bits per heavy atom. The Bertz CT molecular complexity index is 580. The summed E-state index contributed by atoms with van der Waals surface area (Å²) in [5.74, 6) is 0.466. The highest BCUT2D eigenvalue weighted by Gasteiger charge is 2.17. The lowest BCUT2D eigenvalue weighted by Crippen LogP contribution is -2.26. The molecule has 0 spiro atoms. The summed E-state index contributed by atoms with van der Waals surface area (Å²) >= 11 is 0. The van der Waals surface area contributed by atoms with Gasteiger partial charge in [-0.2, -0.15) is 0 Å². The summed E-state index contributed by atoms with van der Waals surface area (Å²) in [5.41, 5.74) is 13.8. The molecule has 1 atom stereocenters. The van der Waals surface area contributed by atoms with Gasteiger partial charge in [0.2, 0.25) is 0 Å². The van der Waals surface area contributed by atoms with Gasteiger partial charge in [0.1, 0.15) is 0 Å². The molecule has 1 saturated heterocycles. The van der Waals surface area contributed by atoms with Gasteiger partial charge in [0, 0.05) is 19.1 Å². The average Bonchev–Trinajstić information content (AvgIpc) is 2.87. The van der Waals surface area contributed by atoms with Gasteiger partial charge in [0.25, 0.3) is 0 Å². The molecule has 0 amide bonds. The molecule has 108 valence electrons. The first-order valence-electron chi connectivity index (χ1n) is 7.40. The van der Waals surface area contributed by atoms with Gasteiger partial charge in [-0.1, -0.05) is 17.6 Å². The van der Waals surface area contributed by atoms with Crippen LogP contribution < -0.4 is 16.4 Å². The Kier molecular flexibility index (Phi) is 3.78. The number of hydrogen-bond acceptors (Lipinski definition) is 5. The SMILES string of the molecule is Nc1noc2c(N3CCCCC(N)CCC3)cccc12. The molecule has 0 aliphatic carbocycles. The Labute approximate surface area is 118 Å². The van der Waals surface area contributed by atoms with Gasteiger partial charge in [-0.05, 0) is 37.8 Å². The van der Waals surface area contributed by atoms with Crippen molar-refractivity contribution in [1.82, 2.24) is 5.16 Å². The van der Waals surface area contributed by atoms with Crippen molar-refractivity contribution < 1.29 is 4.52 Å². The van der Waals surface area contributed by atoms with E-state index in [1.165, 1.54) is 6.42 Å². The molecule has 1 aromatic carbocycles. The standard InChI is InChI=1S/C15H22N4O/c16-11-5-1-2-9-19(10-4-6-11)13-8-3-7-12-14(13)20-18-15(12)17/h3,7-8,11H,1-2,4-6,9-10,16H2,(H2,17,18). The molecule has 5 nitrogen and oxygen atoms in total. The highest BCUT2D eigenvalue weighted by molar-refractivity contribution is 5.95. The second kappa shape index (κ2) is 5.71. The maximum absolute atomic E-state index is 6.09. The van der Waals surface area contributed by atoms with Gasteiger partial charge in [-0.3, -0.25) is 0 Å². The van der Waals surface area contributed by atoms with Crippen molar-refractivity contribution in [3.63, 3.8) is 0 Å². The van der Waals surface area contributed by atoms with E-state index < -0.39 is 0 Å². The maximum Gasteiger partial charge on any atom is 0.192 e. The zero-order valence-corrected chi connectivity index (χ0v) is 11.7. The number of nitrogens with two attached hydrogens (primary N) is 2. The monoisotopic (exact) mass is 274 g/mol. The van der Waals surface area contributed by atoms with Crippen molar-refractivity contribution in [1.29, 1.82) is 0 Å². The fourth-order valence-electron chi connectivity index (χ4n) is 2.97. The summed E-state index contributed by atoms with van der Waals surface area (Å²) in [7, 11) is 0. The number of para-hydroxylation sites is 1. The Balaban J connectivity index is 1.88. The first-order chi connectivity index (χ1) is 9.75. The highest BCUT2D eigenvalue weighted by Crippen LogP contribution is 2.31. The van der Waals surface area contributed by atoms with E-state index in [0.29, 0.717) is 11.9 Å². The van der Waals surface area contributed by atoms with Crippen LogP contribution in [0.5, 0.6) is 0 Å². The number of fused-ring (bicyclic) bond motifs is 1. The molecule has 2 heterocycles. The fourth-order valence-corrected chi connectivity index (χ4v) is 2.97. The van der Waals surface area contributed by atoms with Crippen molar-refractivity contribution in [2.75, 3.05) is 23.7 Å². The molecule has 1 aliphatic rings. The molecule has 1 unspecified atom stereocenters. The molecule has 20 heavy (non-hydrogen) atoms. The van der Waals surface area contributed by atoms with Crippen LogP contribution in [-0.4, -0.2) is 24.3 Å². The number of benzene rings is 1. The summed E-state index contributed by atoms with van der Waals surface area (Å²) < 4.78 is 5.42. The number of anilines is 2. The molecule has 0 radical (unpaired) electrons. The molecule has 0 saturated carbocycles. The molecule has 2 aromatic rings. The lowest BCUT2D eigenvalue weighted by atomic mass is 10.1. The quantitative estimate of drug-likeness (QED) is 0.835. The van der Waals surface area contributed by atoms with E-state index in [9.17, 15) is 0 Å². The average molecular weight is 274 g/mol. The van der Waals surface area contributed by atoms with Crippen LogP contribution in [0.1, 0.15) is 32.1 Å². The van der Waals surface area contributed by atoms with E-state index in [0.717, 1.165) is 55.4 Å². The predicted octanol–water partition coefficient (Wildman–Crippen LogP) is 2.51. The van der Waals surface area contributed by atoms with Crippen LogP contribution in [0.2, 0.25) is 0 Å². The van der Waals surface area contributed by atoms with Crippen LogP contribution in [0.4, 0.5) is 11.5 Å². The third kappa shape index (κ3) is 2.58. The minimum atomic E-state index is 0.353. The third-order valence-electron chi connectivity index (χ3n) is 4.10. The summed E-state index contributed by atoms with van der Waals surface area (Å²) in [6.07, 6.45) is 5.68. The molecular formula is C15H22N4O. The van der Waals surface area contributed by atoms with Crippen LogP contribution in [-0.2, 0) is 0 Å². The Morgan fingerprint density at radius 1 is 1.15 bits per heavy atom. The smallest absolute Gasteiger partial charge is 0.192 e. The number of aromatic nitrogens is 1. The molecule has 0 bridgehead atoms. The van der Waals surface area contributed by atoms with Crippen molar-refractivity contribution in [2.24, 2.45) is 5.73 Å². The van der Waals surface area contributed by atoms with E-state index in [1.54, 1.807) is 0 Å². The fraction of sp³-hybridized carbons (Fsp3) is 0.533. The first-order valence-corrected chi connectivity index (χ1v) is 7.40.